The highest BCUT2D eigenvalue weighted by Crippen LogP contribution is 2.38. The fourth-order valence-corrected chi connectivity index (χ4v) is 3.08. The van der Waals surface area contributed by atoms with Crippen LogP contribution in [0.25, 0.3) is 0 Å². The number of carbonyl (C=O) groups is 1. The van der Waals surface area contributed by atoms with E-state index in [-0.39, 0.29) is 0 Å². The second-order valence-corrected chi connectivity index (χ2v) is 7.30. The zero-order valence-corrected chi connectivity index (χ0v) is 14.1. The minimum atomic E-state index is -1.25. The van der Waals surface area contributed by atoms with Crippen LogP contribution in [0.5, 0.6) is 0 Å². The lowest BCUT2D eigenvalue weighted by Gasteiger charge is -2.32. The molecule has 0 aliphatic carbocycles. The van der Waals surface area contributed by atoms with E-state index in [1.54, 1.807) is 6.07 Å². The average molecular weight is 318 g/mol. The summed E-state index contributed by atoms with van der Waals surface area (Å²) in [4.78, 5) is 11.8. The number of hydrogen-bond acceptors (Lipinski definition) is 4. The van der Waals surface area contributed by atoms with E-state index in [0.29, 0.717) is 18.6 Å². The van der Waals surface area contributed by atoms with Crippen LogP contribution in [0.3, 0.4) is 0 Å². The first kappa shape index (κ1) is 16.5. The molecule has 0 radical (unpaired) electrons. The molecule has 3 rings (SSSR count). The van der Waals surface area contributed by atoms with Gasteiger partial charge in [0.05, 0.1) is 11.2 Å². The third kappa shape index (κ3) is 2.59. The SMILES string of the molecule is CC1(C)OB(c2cccc(C3(C(=O)O)CCCO3)c2)OC1(C)C. The Morgan fingerprint density at radius 2 is 1.83 bits per heavy atom. The molecule has 0 amide bonds. The second kappa shape index (κ2) is 5.33. The Hall–Kier alpha value is -1.37. The molecular weight excluding hydrogens is 295 g/mol. The summed E-state index contributed by atoms with van der Waals surface area (Å²) < 4.78 is 17.7. The molecule has 1 N–H and O–H groups in total. The molecule has 2 saturated heterocycles. The number of ether oxygens (including phenoxy) is 1. The van der Waals surface area contributed by atoms with Gasteiger partial charge in [-0.3, -0.25) is 0 Å². The van der Waals surface area contributed by atoms with E-state index in [1.165, 1.54) is 0 Å². The van der Waals surface area contributed by atoms with Gasteiger partial charge in [0.1, 0.15) is 0 Å². The third-order valence-corrected chi connectivity index (χ3v) is 5.25. The van der Waals surface area contributed by atoms with Crippen molar-refractivity contribution in [1.29, 1.82) is 0 Å². The Kier molecular flexibility index (Phi) is 3.82. The standard InChI is InChI=1S/C17H23BO5/c1-15(2)16(3,4)23-18(22-15)13-8-5-7-12(11-13)17(14(19)20)9-6-10-21-17/h5,7-8,11H,6,9-10H2,1-4H3,(H,19,20). The normalized spacial score (nSPS) is 29.0. The van der Waals surface area contributed by atoms with Crippen molar-refractivity contribution in [3.8, 4) is 0 Å². The third-order valence-electron chi connectivity index (χ3n) is 5.25. The lowest BCUT2D eigenvalue weighted by molar-refractivity contribution is -0.161. The Morgan fingerprint density at radius 1 is 1.17 bits per heavy atom. The van der Waals surface area contributed by atoms with Crippen LogP contribution in [0, 0.1) is 0 Å². The summed E-state index contributed by atoms with van der Waals surface area (Å²) in [6, 6.07) is 7.37. The Balaban J connectivity index is 1.94. The zero-order chi connectivity index (χ0) is 16.9. The van der Waals surface area contributed by atoms with Crippen molar-refractivity contribution in [1.82, 2.24) is 0 Å². The van der Waals surface area contributed by atoms with Gasteiger partial charge in [-0.15, -0.1) is 0 Å². The van der Waals surface area contributed by atoms with Gasteiger partial charge in [0, 0.05) is 6.61 Å². The molecule has 0 saturated carbocycles. The lowest BCUT2D eigenvalue weighted by Crippen LogP contribution is -2.41. The molecule has 2 heterocycles. The Morgan fingerprint density at radius 3 is 2.35 bits per heavy atom. The van der Waals surface area contributed by atoms with Crippen LogP contribution in [0.2, 0.25) is 0 Å². The van der Waals surface area contributed by atoms with E-state index in [1.807, 2.05) is 45.9 Å². The summed E-state index contributed by atoms with van der Waals surface area (Å²) in [5.41, 5.74) is -0.643. The van der Waals surface area contributed by atoms with Gasteiger partial charge in [0.15, 0.2) is 5.60 Å². The van der Waals surface area contributed by atoms with E-state index in [9.17, 15) is 9.90 Å². The van der Waals surface area contributed by atoms with Gasteiger partial charge in [-0.25, -0.2) is 4.79 Å². The summed E-state index contributed by atoms with van der Waals surface area (Å²) in [5.74, 6) is -0.943. The molecule has 1 atom stereocenters. The second-order valence-electron chi connectivity index (χ2n) is 7.30. The van der Waals surface area contributed by atoms with Gasteiger partial charge in [-0.2, -0.15) is 0 Å². The highest BCUT2D eigenvalue weighted by atomic mass is 16.7. The lowest BCUT2D eigenvalue weighted by atomic mass is 9.76. The number of rotatable bonds is 3. The van der Waals surface area contributed by atoms with Gasteiger partial charge in [0.2, 0.25) is 0 Å². The first-order chi connectivity index (χ1) is 10.7. The smallest absolute Gasteiger partial charge is 0.479 e. The van der Waals surface area contributed by atoms with Gasteiger partial charge in [-0.1, -0.05) is 24.3 Å². The van der Waals surface area contributed by atoms with E-state index >= 15 is 0 Å². The van der Waals surface area contributed by atoms with E-state index < -0.39 is 29.9 Å². The number of hydrogen-bond donors (Lipinski definition) is 1. The first-order valence-electron chi connectivity index (χ1n) is 8.01. The highest BCUT2D eigenvalue weighted by molar-refractivity contribution is 6.62. The van der Waals surface area contributed by atoms with Gasteiger partial charge < -0.3 is 19.2 Å². The summed E-state index contributed by atoms with van der Waals surface area (Å²) >= 11 is 0. The fraction of sp³-hybridized carbons (Fsp3) is 0.588. The summed E-state index contributed by atoms with van der Waals surface area (Å²) in [5, 5.41) is 9.65. The molecule has 1 unspecified atom stereocenters. The number of benzene rings is 1. The highest BCUT2D eigenvalue weighted by Gasteiger charge is 2.52. The van der Waals surface area contributed by atoms with E-state index in [2.05, 4.69) is 0 Å². The molecule has 0 bridgehead atoms. The van der Waals surface area contributed by atoms with Crippen LogP contribution >= 0.6 is 0 Å². The molecule has 6 heteroatoms. The Labute approximate surface area is 137 Å². The van der Waals surface area contributed by atoms with Crippen LogP contribution in [0.1, 0.15) is 46.1 Å². The van der Waals surface area contributed by atoms with Crippen molar-refractivity contribution in [2.75, 3.05) is 6.61 Å². The molecular formula is C17H23BO5. The van der Waals surface area contributed by atoms with Crippen LogP contribution in [-0.2, 0) is 24.4 Å². The molecule has 2 aliphatic heterocycles. The minimum Gasteiger partial charge on any atom is -0.479 e. The zero-order valence-electron chi connectivity index (χ0n) is 14.1. The molecule has 124 valence electrons. The molecule has 0 spiro atoms. The van der Waals surface area contributed by atoms with Crippen LogP contribution in [0.4, 0.5) is 0 Å². The van der Waals surface area contributed by atoms with Crippen LogP contribution in [-0.4, -0.2) is 36.0 Å². The number of carboxylic acids is 1. The van der Waals surface area contributed by atoms with Gasteiger partial charge >= 0.3 is 13.1 Å². The number of aliphatic carboxylic acids is 1. The first-order valence-corrected chi connectivity index (χ1v) is 8.01. The molecule has 2 fully saturated rings. The predicted molar refractivity (Wildman–Crippen MR) is 86.7 cm³/mol. The summed E-state index contributed by atoms with van der Waals surface area (Å²) in [6.45, 7) is 8.45. The van der Waals surface area contributed by atoms with Gasteiger partial charge in [0.25, 0.3) is 0 Å². The van der Waals surface area contributed by atoms with Crippen LogP contribution < -0.4 is 5.46 Å². The summed E-state index contributed by atoms with van der Waals surface area (Å²) in [6.07, 6.45) is 1.22. The predicted octanol–water partition coefficient (Wildman–Crippen LogP) is 2.08. The maximum atomic E-state index is 11.8. The number of carboxylic acid groups (broad SMARTS) is 1. The van der Waals surface area contributed by atoms with Crippen molar-refractivity contribution in [3.05, 3.63) is 29.8 Å². The fourth-order valence-electron chi connectivity index (χ4n) is 3.08. The molecule has 23 heavy (non-hydrogen) atoms. The van der Waals surface area contributed by atoms with Crippen molar-refractivity contribution in [2.24, 2.45) is 0 Å². The minimum absolute atomic E-state index is 0.429. The van der Waals surface area contributed by atoms with Crippen molar-refractivity contribution < 1.29 is 23.9 Å². The largest absolute Gasteiger partial charge is 0.494 e. The maximum absolute atomic E-state index is 11.8. The molecule has 1 aromatic carbocycles. The van der Waals surface area contributed by atoms with E-state index in [0.717, 1.165) is 11.9 Å². The van der Waals surface area contributed by atoms with Crippen molar-refractivity contribution >= 4 is 18.6 Å². The summed E-state index contributed by atoms with van der Waals surface area (Å²) in [7, 11) is -0.507. The molecule has 0 aromatic heterocycles. The molecule has 2 aliphatic rings. The molecule has 5 nitrogen and oxygen atoms in total. The van der Waals surface area contributed by atoms with Crippen molar-refractivity contribution in [2.45, 2.75) is 57.3 Å². The van der Waals surface area contributed by atoms with Crippen molar-refractivity contribution in [3.63, 3.8) is 0 Å². The van der Waals surface area contributed by atoms with Gasteiger partial charge in [-0.05, 0) is 51.6 Å². The topological polar surface area (TPSA) is 65.0 Å². The maximum Gasteiger partial charge on any atom is 0.494 e. The Bertz CT molecular complexity index is 603. The van der Waals surface area contributed by atoms with Crippen LogP contribution in [0.15, 0.2) is 24.3 Å². The monoisotopic (exact) mass is 318 g/mol. The quantitative estimate of drug-likeness (QED) is 0.865. The average Bonchev–Trinajstić information content (AvgIpc) is 3.04. The molecule has 1 aromatic rings. The van der Waals surface area contributed by atoms with E-state index in [4.69, 9.17) is 14.0 Å².